The third-order valence-electron chi connectivity index (χ3n) is 1.08. The molecule has 0 aliphatic carbocycles. The van der Waals surface area contributed by atoms with Gasteiger partial charge in [0.15, 0.2) is 0 Å². The fraction of sp³-hybridized carbons (Fsp3) is 0.167. The molecular formula is C6H7ClN2O. The Bertz CT molecular complexity index is 217. The van der Waals surface area contributed by atoms with Crippen LogP contribution in [0.3, 0.4) is 0 Å². The van der Waals surface area contributed by atoms with Crippen LogP contribution in [0.5, 0.6) is 0 Å². The zero-order valence-corrected chi connectivity index (χ0v) is 6.01. The first-order valence-electron chi connectivity index (χ1n) is 2.75. The molecule has 1 heterocycles. The van der Waals surface area contributed by atoms with Gasteiger partial charge in [0, 0.05) is 11.8 Å². The fourth-order valence-electron chi connectivity index (χ4n) is 0.617. The number of hydrogen-bond acceptors (Lipinski definition) is 3. The zero-order valence-electron chi connectivity index (χ0n) is 5.25. The van der Waals surface area contributed by atoms with E-state index in [2.05, 4.69) is 9.82 Å². The van der Waals surface area contributed by atoms with Crippen LogP contribution in [-0.2, 0) is 11.4 Å². The van der Waals surface area contributed by atoms with E-state index in [1.54, 1.807) is 12.3 Å². The van der Waals surface area contributed by atoms with Gasteiger partial charge in [-0.25, -0.2) is 10.9 Å². The van der Waals surface area contributed by atoms with Gasteiger partial charge in [-0.1, -0.05) is 17.7 Å². The Morgan fingerprint density at radius 3 is 3.10 bits per heavy atom. The molecule has 3 nitrogen and oxygen atoms in total. The minimum atomic E-state index is 0.298. The first kappa shape index (κ1) is 7.47. The summed E-state index contributed by atoms with van der Waals surface area (Å²) in [5.74, 6) is 4.84. The minimum absolute atomic E-state index is 0.298. The molecule has 0 saturated carbocycles. The summed E-state index contributed by atoms with van der Waals surface area (Å²) in [6.07, 6.45) is 1.61. The molecule has 1 rings (SSSR count). The molecule has 0 aliphatic rings. The summed E-state index contributed by atoms with van der Waals surface area (Å²) in [5.41, 5.74) is 0.798. The average Bonchev–Trinajstić information content (AvgIpc) is 1.94. The molecule has 0 radical (unpaired) electrons. The summed E-state index contributed by atoms with van der Waals surface area (Å²) in [7, 11) is 0. The van der Waals surface area contributed by atoms with Crippen molar-refractivity contribution in [1.82, 2.24) is 4.98 Å². The lowest BCUT2D eigenvalue weighted by Crippen LogP contribution is -1.99. The Morgan fingerprint density at radius 2 is 2.50 bits per heavy atom. The standard InChI is InChI=1S/C6H7ClN2O/c7-6-5(4-10-8)2-1-3-9-6/h1-3H,4,8H2. The quantitative estimate of drug-likeness (QED) is 0.519. The SMILES string of the molecule is NOCc1cccnc1Cl. The first-order valence-corrected chi connectivity index (χ1v) is 3.13. The van der Waals surface area contributed by atoms with Crippen LogP contribution in [0.2, 0.25) is 5.15 Å². The molecule has 0 bridgehead atoms. The van der Waals surface area contributed by atoms with E-state index in [9.17, 15) is 0 Å². The van der Waals surface area contributed by atoms with Gasteiger partial charge in [0.2, 0.25) is 0 Å². The van der Waals surface area contributed by atoms with Crippen molar-refractivity contribution in [3.63, 3.8) is 0 Å². The van der Waals surface area contributed by atoms with Gasteiger partial charge in [0.05, 0.1) is 6.61 Å². The largest absolute Gasteiger partial charge is 0.300 e. The first-order chi connectivity index (χ1) is 4.84. The highest BCUT2D eigenvalue weighted by Crippen LogP contribution is 2.11. The highest BCUT2D eigenvalue weighted by Gasteiger charge is 1.97. The molecule has 0 saturated heterocycles. The van der Waals surface area contributed by atoms with Crippen LogP contribution in [-0.4, -0.2) is 4.98 Å². The molecule has 54 valence electrons. The second kappa shape index (κ2) is 3.51. The molecule has 0 fully saturated rings. The van der Waals surface area contributed by atoms with E-state index in [1.165, 1.54) is 0 Å². The van der Waals surface area contributed by atoms with Crippen LogP contribution in [0.4, 0.5) is 0 Å². The Balaban J connectivity index is 2.81. The predicted octanol–water partition coefficient (Wildman–Crippen LogP) is 1.13. The summed E-state index contributed by atoms with van der Waals surface area (Å²) in [6.45, 7) is 0.298. The third-order valence-corrected chi connectivity index (χ3v) is 1.42. The van der Waals surface area contributed by atoms with Crippen LogP contribution in [0, 0.1) is 0 Å². The lowest BCUT2D eigenvalue weighted by Gasteiger charge is -1.98. The van der Waals surface area contributed by atoms with Gasteiger partial charge in [-0.15, -0.1) is 0 Å². The van der Waals surface area contributed by atoms with E-state index >= 15 is 0 Å². The van der Waals surface area contributed by atoms with Crippen LogP contribution >= 0.6 is 11.6 Å². The van der Waals surface area contributed by atoms with Crippen molar-refractivity contribution in [1.29, 1.82) is 0 Å². The zero-order chi connectivity index (χ0) is 7.40. The highest BCUT2D eigenvalue weighted by atomic mass is 35.5. The lowest BCUT2D eigenvalue weighted by atomic mass is 10.3. The number of nitrogens with two attached hydrogens (primary N) is 1. The topological polar surface area (TPSA) is 48.1 Å². The number of aromatic nitrogens is 1. The molecule has 10 heavy (non-hydrogen) atoms. The second-order valence-corrected chi connectivity index (χ2v) is 2.12. The highest BCUT2D eigenvalue weighted by molar-refractivity contribution is 6.30. The number of hydrogen-bond donors (Lipinski definition) is 1. The normalized spacial score (nSPS) is 9.80. The van der Waals surface area contributed by atoms with Crippen LogP contribution < -0.4 is 5.90 Å². The van der Waals surface area contributed by atoms with Crippen molar-refractivity contribution < 1.29 is 4.84 Å². The van der Waals surface area contributed by atoms with Crippen LogP contribution in [0.1, 0.15) is 5.56 Å². The van der Waals surface area contributed by atoms with Gasteiger partial charge < -0.3 is 0 Å². The smallest absolute Gasteiger partial charge is 0.134 e. The second-order valence-electron chi connectivity index (χ2n) is 1.76. The Kier molecular flexibility index (Phi) is 2.62. The average molecular weight is 159 g/mol. The molecule has 0 amide bonds. The van der Waals surface area contributed by atoms with Crippen molar-refractivity contribution in [2.75, 3.05) is 0 Å². The van der Waals surface area contributed by atoms with Crippen molar-refractivity contribution >= 4 is 11.6 Å². The van der Waals surface area contributed by atoms with Crippen molar-refractivity contribution in [2.45, 2.75) is 6.61 Å². The molecule has 0 aromatic carbocycles. The molecule has 0 unspecified atom stereocenters. The number of rotatable bonds is 2. The maximum atomic E-state index is 5.66. The van der Waals surface area contributed by atoms with Crippen molar-refractivity contribution in [3.05, 3.63) is 29.0 Å². The van der Waals surface area contributed by atoms with Crippen molar-refractivity contribution in [2.24, 2.45) is 5.90 Å². The molecule has 0 spiro atoms. The number of nitrogens with zero attached hydrogens (tertiary/aromatic N) is 1. The summed E-state index contributed by atoms with van der Waals surface area (Å²) in [6, 6.07) is 3.59. The Labute approximate surface area is 63.7 Å². The maximum absolute atomic E-state index is 5.66. The minimum Gasteiger partial charge on any atom is -0.300 e. The van der Waals surface area contributed by atoms with Crippen LogP contribution in [0.15, 0.2) is 18.3 Å². The summed E-state index contributed by atoms with van der Waals surface area (Å²) in [5, 5.41) is 0.438. The van der Waals surface area contributed by atoms with E-state index in [-0.39, 0.29) is 0 Å². The molecular weight excluding hydrogens is 152 g/mol. The van der Waals surface area contributed by atoms with Gasteiger partial charge in [-0.3, -0.25) is 4.84 Å². The van der Waals surface area contributed by atoms with E-state index in [4.69, 9.17) is 17.5 Å². The van der Waals surface area contributed by atoms with Crippen molar-refractivity contribution in [3.8, 4) is 0 Å². The fourth-order valence-corrected chi connectivity index (χ4v) is 0.791. The van der Waals surface area contributed by atoms with Gasteiger partial charge in [-0.2, -0.15) is 0 Å². The number of pyridine rings is 1. The van der Waals surface area contributed by atoms with E-state index in [1.807, 2.05) is 6.07 Å². The maximum Gasteiger partial charge on any atom is 0.134 e. The summed E-state index contributed by atoms with van der Waals surface area (Å²) in [4.78, 5) is 8.21. The van der Waals surface area contributed by atoms with Gasteiger partial charge in [0.1, 0.15) is 5.15 Å². The lowest BCUT2D eigenvalue weighted by molar-refractivity contribution is 0.124. The Hall–Kier alpha value is -0.640. The van der Waals surface area contributed by atoms with E-state index < -0.39 is 0 Å². The Morgan fingerprint density at radius 1 is 1.70 bits per heavy atom. The molecule has 4 heteroatoms. The summed E-state index contributed by atoms with van der Waals surface area (Å²) >= 11 is 5.66. The molecule has 1 aromatic heterocycles. The molecule has 2 N–H and O–H groups in total. The van der Waals surface area contributed by atoms with Gasteiger partial charge in [-0.05, 0) is 6.07 Å². The molecule has 0 aliphatic heterocycles. The number of halogens is 1. The van der Waals surface area contributed by atoms with Crippen LogP contribution in [0.25, 0.3) is 0 Å². The van der Waals surface area contributed by atoms with E-state index in [0.29, 0.717) is 11.8 Å². The summed E-state index contributed by atoms with van der Waals surface area (Å²) < 4.78 is 0. The van der Waals surface area contributed by atoms with Gasteiger partial charge in [0.25, 0.3) is 0 Å². The molecule has 0 atom stereocenters. The van der Waals surface area contributed by atoms with E-state index in [0.717, 1.165) is 5.56 Å². The third kappa shape index (κ3) is 1.67. The predicted molar refractivity (Wildman–Crippen MR) is 38.2 cm³/mol. The molecule has 1 aromatic rings. The monoisotopic (exact) mass is 158 g/mol. The van der Waals surface area contributed by atoms with Gasteiger partial charge >= 0.3 is 0 Å².